The van der Waals surface area contributed by atoms with E-state index in [0.717, 1.165) is 19.1 Å². The molecule has 0 saturated carbocycles. The Morgan fingerprint density at radius 2 is 1.14 bits per heavy atom. The summed E-state index contributed by atoms with van der Waals surface area (Å²) in [7, 11) is -1.84. The van der Waals surface area contributed by atoms with Gasteiger partial charge in [0.05, 0.1) is 12.7 Å². The fourth-order valence-corrected chi connectivity index (χ4v) is 6.67. The zero-order valence-corrected chi connectivity index (χ0v) is 29.0. The third-order valence-corrected chi connectivity index (χ3v) is 9.33. The molecule has 3 atom stereocenters. The molecule has 7 heterocycles. The maximum absolute atomic E-state index is 13.5. The van der Waals surface area contributed by atoms with E-state index in [1.54, 1.807) is 0 Å². The number of aromatic nitrogens is 6. The molecule has 1 aliphatic heterocycles. The molecule has 7 rings (SSSR count). The number of aliphatic hydroxyl groups excluding tert-OH is 1. The largest absolute Gasteiger partial charge is 0.446 e. The van der Waals surface area contributed by atoms with Crippen LogP contribution in [-0.4, -0.2) is 74.2 Å². The fraction of sp³-hybridized carbons (Fsp3) is 0.375. The van der Waals surface area contributed by atoms with Crippen molar-refractivity contribution in [3.8, 4) is 46.3 Å². The number of unbranched alkanes of at least 4 members (excludes halogenated alkanes) is 1. The summed E-state index contributed by atoms with van der Waals surface area (Å²) in [5.41, 5.74) is 0.616. The molecular formula is C32H34N8O10Si. The van der Waals surface area contributed by atoms with E-state index < -0.39 is 38.1 Å². The van der Waals surface area contributed by atoms with Crippen molar-refractivity contribution in [2.75, 3.05) is 13.2 Å². The summed E-state index contributed by atoms with van der Waals surface area (Å²) in [4.78, 5) is 53.1. The second-order valence-corrected chi connectivity index (χ2v) is 18.6. The van der Waals surface area contributed by atoms with Crippen LogP contribution in [0.2, 0.25) is 25.7 Å². The molecule has 266 valence electrons. The maximum atomic E-state index is 13.5. The minimum atomic E-state index is -1.84. The van der Waals surface area contributed by atoms with Crippen molar-refractivity contribution in [1.29, 1.82) is 0 Å². The second kappa shape index (κ2) is 13.9. The molecule has 0 radical (unpaired) electrons. The Morgan fingerprint density at radius 1 is 0.686 bits per heavy atom. The van der Waals surface area contributed by atoms with Gasteiger partial charge in [-0.15, -0.1) is 0 Å². The molecule has 0 spiro atoms. The van der Waals surface area contributed by atoms with Gasteiger partial charge >= 0.3 is 0 Å². The van der Waals surface area contributed by atoms with E-state index in [9.17, 15) is 14.7 Å². The quantitative estimate of drug-likeness (QED) is 0.138. The van der Waals surface area contributed by atoms with Gasteiger partial charge in [-0.05, 0) is 12.5 Å². The number of carbonyl (C=O) groups is 2. The van der Waals surface area contributed by atoms with Gasteiger partial charge < -0.3 is 47.0 Å². The zero-order chi connectivity index (χ0) is 35.7. The van der Waals surface area contributed by atoms with Crippen molar-refractivity contribution in [3.05, 3.63) is 60.7 Å². The van der Waals surface area contributed by atoms with Gasteiger partial charge in [-0.2, -0.15) is 0 Å². The van der Waals surface area contributed by atoms with Gasteiger partial charge in [-0.25, -0.2) is 29.9 Å². The van der Waals surface area contributed by atoms with Gasteiger partial charge in [0.2, 0.25) is 35.3 Å². The predicted molar refractivity (Wildman–Crippen MR) is 175 cm³/mol. The lowest BCUT2D eigenvalue weighted by atomic mass is 10.1. The fourth-order valence-electron chi connectivity index (χ4n) is 5.18. The van der Waals surface area contributed by atoms with Crippen molar-refractivity contribution in [2.24, 2.45) is 0 Å². The molecular weight excluding hydrogens is 684 g/mol. The van der Waals surface area contributed by atoms with Crippen molar-refractivity contribution in [2.45, 2.75) is 63.6 Å². The lowest BCUT2D eigenvalue weighted by molar-refractivity contribution is 0.0790. The smallest absolute Gasteiger partial charge is 0.273 e. The minimum Gasteiger partial charge on any atom is -0.446 e. The average Bonchev–Trinajstić information content (AvgIpc) is 3.92. The first-order valence-corrected chi connectivity index (χ1v) is 19.9. The summed E-state index contributed by atoms with van der Waals surface area (Å²) in [6, 6.07) is -1.46. The lowest BCUT2D eigenvalue weighted by Gasteiger charge is -2.26. The van der Waals surface area contributed by atoms with Gasteiger partial charge in [0.25, 0.3) is 11.8 Å². The molecule has 51 heavy (non-hydrogen) atoms. The number of oxazole rings is 6. The van der Waals surface area contributed by atoms with Crippen LogP contribution >= 0.6 is 0 Å². The number of fused-ring (bicyclic) bond motifs is 16. The SMILES string of the molecule is CCCCOCC1NC(=O)c2coc(n2)-c2coc(n2)-c2coc(n2)C(C(O)C[Si](C)(C)C)NC(=O)c2coc(n2)-c2coc(n2)-c2coc1n2. The first-order valence-electron chi connectivity index (χ1n) is 16.2. The topological polar surface area (TPSA) is 244 Å². The number of ether oxygens (including phenoxy) is 1. The van der Waals surface area contributed by atoms with E-state index in [1.165, 1.54) is 31.3 Å². The number of nitrogens with zero attached hydrogens (tertiary/aromatic N) is 6. The first-order chi connectivity index (χ1) is 24.5. The highest BCUT2D eigenvalue weighted by Gasteiger charge is 2.34. The highest BCUT2D eigenvalue weighted by molar-refractivity contribution is 6.76. The van der Waals surface area contributed by atoms with Crippen LogP contribution in [0.5, 0.6) is 0 Å². The molecule has 0 aliphatic carbocycles. The molecule has 12 bridgehead atoms. The van der Waals surface area contributed by atoms with Gasteiger partial charge in [-0.3, -0.25) is 9.59 Å². The summed E-state index contributed by atoms with van der Waals surface area (Å²) in [5, 5.41) is 16.9. The molecule has 0 saturated heterocycles. The van der Waals surface area contributed by atoms with Crippen LogP contribution in [-0.2, 0) is 4.74 Å². The van der Waals surface area contributed by atoms with E-state index in [-0.39, 0.29) is 76.1 Å². The summed E-state index contributed by atoms with van der Waals surface area (Å²) < 4.78 is 39.6. The Hall–Kier alpha value is -5.66. The van der Waals surface area contributed by atoms with Crippen LogP contribution in [0.25, 0.3) is 46.3 Å². The molecule has 0 aromatic carbocycles. The standard InChI is InChI=1S/C32H34N8O10Si/c1-5-6-7-44-8-18-27-36-21(13-47-27)30-37-20(11-48-30)29-35-17(10-46-29)26(43)40-24(23(41)15-51(2,3)4)32-39-22(14-50-32)31-38-19(12-49-31)28-34-16(9-45-28)25(42)33-18/h9-14,18,23-24,41H,5-8,15H2,1-4H3,(H,33,42)(H,40,43). The van der Waals surface area contributed by atoms with Gasteiger partial charge in [-0.1, -0.05) is 33.0 Å². The number of hydrogen-bond acceptors (Lipinski definition) is 16. The van der Waals surface area contributed by atoms with Crippen LogP contribution in [0.1, 0.15) is 64.6 Å². The number of nitrogens with one attached hydrogen (secondary N) is 2. The molecule has 6 aromatic rings. The van der Waals surface area contributed by atoms with Crippen LogP contribution in [0.15, 0.2) is 64.1 Å². The Balaban J connectivity index is 1.26. The number of carbonyl (C=O) groups excluding carboxylic acids is 2. The van der Waals surface area contributed by atoms with E-state index in [4.69, 9.17) is 31.2 Å². The molecule has 3 unspecified atom stereocenters. The third-order valence-electron chi connectivity index (χ3n) is 7.69. The van der Waals surface area contributed by atoms with Gasteiger partial charge in [0, 0.05) is 14.7 Å². The summed E-state index contributed by atoms with van der Waals surface area (Å²) in [5.74, 6) is -0.997. The van der Waals surface area contributed by atoms with Crippen molar-refractivity contribution in [1.82, 2.24) is 40.5 Å². The minimum absolute atomic E-state index is 0.00450. The molecule has 0 fully saturated rings. The Bertz CT molecular complexity index is 2130. The molecule has 3 N–H and O–H groups in total. The first kappa shape index (κ1) is 33.8. The Morgan fingerprint density at radius 3 is 1.69 bits per heavy atom. The van der Waals surface area contributed by atoms with E-state index in [1.807, 2.05) is 6.92 Å². The Labute approximate surface area is 290 Å². The average molecular weight is 719 g/mol. The van der Waals surface area contributed by atoms with Gasteiger partial charge in [0.1, 0.15) is 49.7 Å². The second-order valence-electron chi connectivity index (χ2n) is 13.0. The maximum Gasteiger partial charge on any atom is 0.273 e. The van der Waals surface area contributed by atoms with E-state index in [0.29, 0.717) is 12.7 Å². The van der Waals surface area contributed by atoms with Crippen molar-refractivity contribution < 1.29 is 45.9 Å². The number of aliphatic hydroxyl groups is 1. The van der Waals surface area contributed by atoms with Crippen LogP contribution < -0.4 is 10.6 Å². The summed E-state index contributed by atoms with van der Waals surface area (Å²) >= 11 is 0. The summed E-state index contributed by atoms with van der Waals surface area (Å²) in [6.45, 7) is 8.81. The normalized spacial score (nSPS) is 17.1. The highest BCUT2D eigenvalue weighted by atomic mass is 28.3. The van der Waals surface area contributed by atoms with Crippen molar-refractivity contribution in [3.63, 3.8) is 0 Å². The molecule has 6 aromatic heterocycles. The monoisotopic (exact) mass is 718 g/mol. The highest BCUT2D eigenvalue weighted by Crippen LogP contribution is 2.30. The molecule has 1 aliphatic rings. The Kier molecular flexibility index (Phi) is 9.23. The van der Waals surface area contributed by atoms with Crippen molar-refractivity contribution >= 4 is 19.9 Å². The van der Waals surface area contributed by atoms with Crippen LogP contribution in [0, 0.1) is 0 Å². The molecule has 2 amide bonds. The zero-order valence-electron chi connectivity index (χ0n) is 28.0. The molecule has 19 heteroatoms. The number of hydrogen-bond donors (Lipinski definition) is 3. The number of rotatable bonds is 8. The number of amides is 2. The summed E-state index contributed by atoms with van der Waals surface area (Å²) in [6.07, 6.45) is 8.21. The van der Waals surface area contributed by atoms with Crippen LogP contribution in [0.3, 0.4) is 0 Å². The van der Waals surface area contributed by atoms with E-state index in [2.05, 4.69) is 60.2 Å². The van der Waals surface area contributed by atoms with Crippen LogP contribution in [0.4, 0.5) is 0 Å². The predicted octanol–water partition coefficient (Wildman–Crippen LogP) is 5.05. The molecule has 18 nitrogen and oxygen atoms in total. The lowest BCUT2D eigenvalue weighted by Crippen LogP contribution is -2.40. The van der Waals surface area contributed by atoms with Gasteiger partial charge in [0.15, 0.2) is 34.2 Å². The third kappa shape index (κ3) is 7.44. The van der Waals surface area contributed by atoms with E-state index >= 15 is 0 Å².